The third kappa shape index (κ3) is 1.33. The minimum atomic E-state index is 0.765. The number of hydrogen-bond donors (Lipinski definition) is 2. The average Bonchev–Trinajstić information content (AvgIpc) is 2.76. The predicted octanol–water partition coefficient (Wildman–Crippen LogP) is 1.73. The van der Waals surface area contributed by atoms with Gasteiger partial charge in [-0.2, -0.15) is 0 Å². The molecule has 18 heavy (non-hydrogen) atoms. The van der Waals surface area contributed by atoms with E-state index in [1.54, 1.807) is 10.5 Å². The molecule has 0 spiro atoms. The smallest absolute Gasteiger partial charge is 0.0984 e. The number of aromatic amines is 1. The van der Waals surface area contributed by atoms with Gasteiger partial charge in [0.15, 0.2) is 0 Å². The number of nitrogens with one attached hydrogen (secondary N) is 2. The van der Waals surface area contributed by atoms with Crippen LogP contribution in [0.4, 0.5) is 0 Å². The highest BCUT2D eigenvalue weighted by molar-refractivity contribution is 5.88. The van der Waals surface area contributed by atoms with Crippen LogP contribution in [0.25, 0.3) is 10.9 Å². The van der Waals surface area contributed by atoms with Crippen molar-refractivity contribution < 1.29 is 4.90 Å². The summed E-state index contributed by atoms with van der Waals surface area (Å²) >= 11 is 0. The zero-order valence-corrected chi connectivity index (χ0v) is 11.2. The summed E-state index contributed by atoms with van der Waals surface area (Å²) in [4.78, 5) is 5.17. The number of aromatic nitrogens is 1. The van der Waals surface area contributed by atoms with Crippen LogP contribution >= 0.6 is 0 Å². The zero-order chi connectivity index (χ0) is 12.3. The highest BCUT2D eigenvalue weighted by atomic mass is 15.1. The van der Waals surface area contributed by atoms with Crippen molar-refractivity contribution in [2.45, 2.75) is 31.7 Å². The monoisotopic (exact) mass is 241 g/mol. The summed E-state index contributed by atoms with van der Waals surface area (Å²) < 4.78 is 0. The molecule has 1 aromatic heterocycles. The topological polar surface area (TPSA) is 20.2 Å². The molecular weight excluding hydrogens is 220 g/mol. The van der Waals surface area contributed by atoms with Gasteiger partial charge in [0.05, 0.1) is 19.6 Å². The van der Waals surface area contributed by atoms with E-state index >= 15 is 0 Å². The summed E-state index contributed by atoms with van der Waals surface area (Å²) in [6, 6.07) is 7.58. The van der Waals surface area contributed by atoms with Crippen LogP contribution in [-0.2, 0) is 6.42 Å². The Morgan fingerprint density at radius 2 is 2.22 bits per heavy atom. The SMILES string of the molecule is C[C@@H]1C[C@@H]2c3cccc4[nH]cc(c34)C[C@H]2[NH+](C)C1. The van der Waals surface area contributed by atoms with E-state index in [4.69, 9.17) is 0 Å². The first-order valence-electron chi connectivity index (χ1n) is 7.15. The average molecular weight is 241 g/mol. The minimum Gasteiger partial charge on any atom is -0.361 e. The maximum atomic E-state index is 3.45. The summed E-state index contributed by atoms with van der Waals surface area (Å²) in [5.74, 6) is 1.61. The van der Waals surface area contributed by atoms with Crippen molar-refractivity contribution in [3.05, 3.63) is 35.5 Å². The lowest BCUT2D eigenvalue weighted by atomic mass is 9.73. The molecular formula is C16H21N2+. The van der Waals surface area contributed by atoms with Gasteiger partial charge in [0, 0.05) is 35.4 Å². The molecule has 1 saturated heterocycles. The third-order valence-corrected chi connectivity index (χ3v) is 5.10. The van der Waals surface area contributed by atoms with Gasteiger partial charge in [0.25, 0.3) is 0 Å². The minimum absolute atomic E-state index is 0.765. The van der Waals surface area contributed by atoms with Gasteiger partial charge in [-0.1, -0.05) is 19.1 Å². The first-order valence-corrected chi connectivity index (χ1v) is 7.15. The normalized spacial score (nSPS) is 34.6. The highest BCUT2D eigenvalue weighted by Crippen LogP contribution is 2.40. The molecule has 2 heterocycles. The van der Waals surface area contributed by atoms with Gasteiger partial charge in [0.2, 0.25) is 0 Å². The lowest BCUT2D eigenvalue weighted by Crippen LogP contribution is -3.15. The van der Waals surface area contributed by atoms with E-state index < -0.39 is 0 Å². The lowest BCUT2D eigenvalue weighted by molar-refractivity contribution is -0.916. The molecule has 2 nitrogen and oxygen atoms in total. The van der Waals surface area contributed by atoms with Crippen molar-refractivity contribution in [2.24, 2.45) is 5.92 Å². The van der Waals surface area contributed by atoms with Gasteiger partial charge in [-0.05, 0) is 23.6 Å². The number of piperidine rings is 1. The van der Waals surface area contributed by atoms with Crippen LogP contribution in [0.15, 0.2) is 24.4 Å². The fraction of sp³-hybridized carbons (Fsp3) is 0.500. The number of likely N-dealkylation sites (tertiary alicyclic amines) is 1. The molecule has 1 aliphatic carbocycles. The van der Waals surface area contributed by atoms with E-state index in [9.17, 15) is 0 Å². The summed E-state index contributed by atoms with van der Waals surface area (Å²) in [5.41, 5.74) is 4.47. The van der Waals surface area contributed by atoms with E-state index in [2.05, 4.69) is 43.4 Å². The van der Waals surface area contributed by atoms with E-state index in [0.717, 1.165) is 17.9 Å². The fourth-order valence-electron chi connectivity index (χ4n) is 4.38. The van der Waals surface area contributed by atoms with E-state index in [0.29, 0.717) is 0 Å². The number of quaternary nitrogens is 1. The number of benzene rings is 1. The molecule has 1 unspecified atom stereocenters. The number of likely N-dealkylation sites (N-methyl/N-ethyl adjacent to an activating group) is 1. The predicted molar refractivity (Wildman–Crippen MR) is 74.1 cm³/mol. The molecule has 2 N–H and O–H groups in total. The molecule has 1 fully saturated rings. The van der Waals surface area contributed by atoms with Crippen LogP contribution in [0, 0.1) is 5.92 Å². The standard InChI is InChI=1S/C16H20N2/c1-10-6-13-12-4-3-5-14-16(12)11(8-17-14)7-15(13)18(2)9-10/h3-5,8,10,13,15,17H,6-7,9H2,1-2H3/p+1/t10-,13-,15-/m1/s1. The van der Waals surface area contributed by atoms with E-state index in [-0.39, 0.29) is 0 Å². The first-order chi connectivity index (χ1) is 8.74. The Morgan fingerprint density at radius 1 is 1.33 bits per heavy atom. The molecule has 4 atom stereocenters. The van der Waals surface area contributed by atoms with Gasteiger partial charge < -0.3 is 9.88 Å². The van der Waals surface area contributed by atoms with Crippen molar-refractivity contribution in [1.82, 2.24) is 4.98 Å². The second-order valence-corrected chi connectivity index (χ2v) is 6.39. The van der Waals surface area contributed by atoms with Crippen molar-refractivity contribution in [3.63, 3.8) is 0 Å². The Hall–Kier alpha value is -1.28. The maximum absolute atomic E-state index is 3.45. The summed E-state index contributed by atoms with van der Waals surface area (Å²) in [6.07, 6.45) is 4.85. The van der Waals surface area contributed by atoms with Crippen LogP contribution < -0.4 is 4.90 Å². The first kappa shape index (κ1) is 10.6. The van der Waals surface area contributed by atoms with E-state index in [1.165, 1.54) is 35.9 Å². The molecule has 0 saturated carbocycles. The number of H-pyrrole nitrogens is 1. The van der Waals surface area contributed by atoms with Crippen molar-refractivity contribution >= 4 is 10.9 Å². The molecule has 2 aromatic rings. The quantitative estimate of drug-likeness (QED) is 0.701. The molecule has 0 amide bonds. The van der Waals surface area contributed by atoms with Crippen LogP contribution in [0.2, 0.25) is 0 Å². The Morgan fingerprint density at radius 3 is 3.11 bits per heavy atom. The summed E-state index contributed by atoms with van der Waals surface area (Å²) in [5, 5.41) is 1.53. The number of hydrogen-bond acceptors (Lipinski definition) is 0. The number of fused-ring (bicyclic) bond motifs is 2. The van der Waals surface area contributed by atoms with Gasteiger partial charge in [-0.3, -0.25) is 0 Å². The molecule has 2 aliphatic rings. The van der Waals surface area contributed by atoms with Crippen LogP contribution in [0.5, 0.6) is 0 Å². The maximum Gasteiger partial charge on any atom is 0.0984 e. The molecule has 2 heteroatoms. The second-order valence-electron chi connectivity index (χ2n) is 6.39. The fourth-order valence-corrected chi connectivity index (χ4v) is 4.38. The largest absolute Gasteiger partial charge is 0.361 e. The Labute approximate surface area is 108 Å². The highest BCUT2D eigenvalue weighted by Gasteiger charge is 2.40. The zero-order valence-electron chi connectivity index (χ0n) is 11.2. The van der Waals surface area contributed by atoms with Crippen molar-refractivity contribution in [3.8, 4) is 0 Å². The van der Waals surface area contributed by atoms with Crippen molar-refractivity contribution in [2.75, 3.05) is 13.6 Å². The second kappa shape index (κ2) is 3.61. The van der Waals surface area contributed by atoms with Crippen molar-refractivity contribution in [1.29, 1.82) is 0 Å². The number of rotatable bonds is 0. The van der Waals surface area contributed by atoms with Crippen LogP contribution in [0.3, 0.4) is 0 Å². The third-order valence-electron chi connectivity index (χ3n) is 5.10. The molecule has 0 bridgehead atoms. The Bertz CT molecular complexity index is 598. The molecule has 1 aromatic carbocycles. The van der Waals surface area contributed by atoms with Gasteiger partial charge in [0.1, 0.15) is 0 Å². The molecule has 94 valence electrons. The van der Waals surface area contributed by atoms with Gasteiger partial charge in [-0.25, -0.2) is 0 Å². The van der Waals surface area contributed by atoms with Crippen LogP contribution in [-0.4, -0.2) is 24.6 Å². The summed E-state index contributed by atoms with van der Waals surface area (Å²) in [7, 11) is 2.38. The van der Waals surface area contributed by atoms with Gasteiger partial charge >= 0.3 is 0 Å². The van der Waals surface area contributed by atoms with Gasteiger partial charge in [-0.15, -0.1) is 0 Å². The Kier molecular flexibility index (Phi) is 2.13. The summed E-state index contributed by atoms with van der Waals surface area (Å²) in [6.45, 7) is 3.74. The Balaban J connectivity index is 1.92. The lowest BCUT2D eigenvalue weighted by Gasteiger charge is -2.41. The molecule has 4 rings (SSSR count). The molecule has 1 aliphatic heterocycles. The molecule has 0 radical (unpaired) electrons. The van der Waals surface area contributed by atoms with Crippen LogP contribution in [0.1, 0.15) is 30.4 Å². The van der Waals surface area contributed by atoms with E-state index in [1.807, 2.05) is 0 Å².